The SMILES string of the molecule is CC1(C)CCC(C)(C)c2cc3c(cc21)c1ccccc1n3-c1ccc2c(-c3nc(-c4cccc(-c5ccccc5)c4)nc(-c4ccc5c(c4)-c4ccccc4C5)n3)cccc2c1. The van der Waals surface area contributed by atoms with E-state index in [9.17, 15) is 0 Å². The summed E-state index contributed by atoms with van der Waals surface area (Å²) >= 11 is 0. The zero-order valence-corrected chi connectivity index (χ0v) is 35.6. The molecule has 0 aliphatic heterocycles. The van der Waals surface area contributed by atoms with Crippen LogP contribution in [-0.4, -0.2) is 19.5 Å². The number of para-hydroxylation sites is 1. The molecule has 0 unspecified atom stereocenters. The lowest BCUT2D eigenvalue weighted by atomic mass is 9.63. The normalized spacial score (nSPS) is 14.8. The van der Waals surface area contributed by atoms with Crippen molar-refractivity contribution < 1.29 is 0 Å². The highest BCUT2D eigenvalue weighted by Crippen LogP contribution is 2.49. The molecule has 0 fully saturated rings. The fraction of sp³-hybridized carbons (Fsp3) is 0.155. The summed E-state index contributed by atoms with van der Waals surface area (Å²) in [6.07, 6.45) is 3.31. The van der Waals surface area contributed by atoms with Crippen molar-refractivity contribution >= 4 is 32.6 Å². The smallest absolute Gasteiger partial charge is 0.164 e. The molecule has 62 heavy (non-hydrogen) atoms. The summed E-state index contributed by atoms with van der Waals surface area (Å²) < 4.78 is 2.47. The molecule has 4 nitrogen and oxygen atoms in total. The monoisotopic (exact) mass is 798 g/mol. The Labute approximate surface area is 362 Å². The second-order valence-electron chi connectivity index (χ2n) is 18.7. The molecule has 2 aliphatic carbocycles. The first-order valence-corrected chi connectivity index (χ1v) is 21.9. The summed E-state index contributed by atoms with van der Waals surface area (Å²) in [5, 5.41) is 4.83. The quantitative estimate of drug-likeness (QED) is 0.174. The Hall–Kier alpha value is -7.17. The molecule has 0 amide bonds. The van der Waals surface area contributed by atoms with E-state index in [1.165, 1.54) is 68.0 Å². The number of rotatable bonds is 5. The maximum Gasteiger partial charge on any atom is 0.164 e. The van der Waals surface area contributed by atoms with Gasteiger partial charge in [-0.2, -0.15) is 0 Å². The van der Waals surface area contributed by atoms with Crippen LogP contribution in [0.15, 0.2) is 170 Å². The molecule has 0 bridgehead atoms. The minimum absolute atomic E-state index is 0.105. The van der Waals surface area contributed by atoms with Gasteiger partial charge in [0.25, 0.3) is 0 Å². The summed E-state index contributed by atoms with van der Waals surface area (Å²) in [5.74, 6) is 1.97. The van der Waals surface area contributed by atoms with Gasteiger partial charge in [0.05, 0.1) is 11.0 Å². The summed E-state index contributed by atoms with van der Waals surface area (Å²) in [6, 6.07) is 61.7. The zero-order valence-electron chi connectivity index (χ0n) is 35.6. The van der Waals surface area contributed by atoms with Gasteiger partial charge in [0.15, 0.2) is 17.5 Å². The molecule has 0 saturated carbocycles. The summed E-state index contributed by atoms with van der Waals surface area (Å²) in [4.78, 5) is 15.8. The Morgan fingerprint density at radius 2 is 1.05 bits per heavy atom. The third kappa shape index (κ3) is 5.84. The standard InChI is InChI=1S/C58H46N4/c1-57(2)28-29-58(3,4)51-35-53-49(34-50(51)57)46-21-10-11-23-52(46)62(53)43-26-27-45-39(32-43)18-13-22-47(45)56-60-54(41-19-12-17-37(30-41)36-14-6-5-7-15-36)59-55(61-56)42-25-24-40-31-38-16-8-9-20-44(38)48(40)33-42/h5-27,30,32-35H,28-29,31H2,1-4H3. The lowest BCUT2D eigenvalue weighted by Gasteiger charge is -2.42. The van der Waals surface area contributed by atoms with E-state index < -0.39 is 0 Å². The molecule has 8 aromatic carbocycles. The fourth-order valence-electron chi connectivity index (χ4n) is 10.4. The minimum Gasteiger partial charge on any atom is -0.309 e. The van der Waals surface area contributed by atoms with Gasteiger partial charge < -0.3 is 4.57 Å². The van der Waals surface area contributed by atoms with Crippen molar-refractivity contribution in [3.8, 4) is 62.1 Å². The van der Waals surface area contributed by atoms with Gasteiger partial charge in [-0.05, 0) is 128 Å². The number of hydrogen-bond acceptors (Lipinski definition) is 3. The summed E-state index contributed by atoms with van der Waals surface area (Å²) in [6.45, 7) is 9.66. The van der Waals surface area contributed by atoms with Gasteiger partial charge >= 0.3 is 0 Å². The minimum atomic E-state index is 0.105. The van der Waals surface area contributed by atoms with E-state index in [4.69, 9.17) is 15.0 Å². The first-order chi connectivity index (χ1) is 30.2. The van der Waals surface area contributed by atoms with E-state index in [1.807, 2.05) is 0 Å². The molecule has 298 valence electrons. The first kappa shape index (κ1) is 36.7. The molecule has 0 saturated heterocycles. The van der Waals surface area contributed by atoms with E-state index >= 15 is 0 Å². The number of aromatic nitrogens is 4. The molecule has 2 aliphatic rings. The van der Waals surface area contributed by atoms with Crippen molar-refractivity contribution in [1.82, 2.24) is 19.5 Å². The average molecular weight is 799 g/mol. The van der Waals surface area contributed by atoms with E-state index in [0.717, 1.165) is 50.7 Å². The van der Waals surface area contributed by atoms with Crippen LogP contribution in [0, 0.1) is 0 Å². The van der Waals surface area contributed by atoms with Gasteiger partial charge in [-0.25, -0.2) is 15.0 Å². The molecule has 0 spiro atoms. The van der Waals surface area contributed by atoms with Crippen LogP contribution in [-0.2, 0) is 17.3 Å². The maximum absolute atomic E-state index is 5.30. The van der Waals surface area contributed by atoms with Gasteiger partial charge in [0, 0.05) is 33.2 Å². The lowest BCUT2D eigenvalue weighted by Crippen LogP contribution is -2.33. The first-order valence-electron chi connectivity index (χ1n) is 21.9. The number of fused-ring (bicyclic) bond motifs is 8. The molecule has 12 rings (SSSR count). The maximum atomic E-state index is 5.30. The number of benzene rings is 8. The van der Waals surface area contributed by atoms with E-state index in [1.54, 1.807) is 0 Å². The van der Waals surface area contributed by atoms with E-state index in [0.29, 0.717) is 17.5 Å². The molecular weight excluding hydrogens is 753 g/mol. The topological polar surface area (TPSA) is 43.6 Å². The largest absolute Gasteiger partial charge is 0.309 e. The predicted octanol–water partition coefficient (Wildman–Crippen LogP) is 14.7. The fourth-order valence-corrected chi connectivity index (χ4v) is 10.4. The highest BCUT2D eigenvalue weighted by Gasteiger charge is 2.38. The van der Waals surface area contributed by atoms with Crippen molar-refractivity contribution in [3.05, 3.63) is 192 Å². The average Bonchev–Trinajstić information content (AvgIpc) is 3.85. The van der Waals surface area contributed by atoms with E-state index in [2.05, 4.69) is 202 Å². The zero-order chi connectivity index (χ0) is 41.7. The number of nitrogens with zero attached hydrogens (tertiary/aromatic N) is 4. The van der Waals surface area contributed by atoms with Crippen LogP contribution in [0.25, 0.3) is 94.7 Å². The van der Waals surface area contributed by atoms with Crippen LogP contribution in [0.3, 0.4) is 0 Å². The van der Waals surface area contributed by atoms with Crippen LogP contribution in [0.1, 0.15) is 62.8 Å². The van der Waals surface area contributed by atoms with Crippen LogP contribution in [0.2, 0.25) is 0 Å². The third-order valence-corrected chi connectivity index (χ3v) is 13.9. The van der Waals surface area contributed by atoms with Crippen molar-refractivity contribution in [3.63, 3.8) is 0 Å². The van der Waals surface area contributed by atoms with Gasteiger partial charge in [0.1, 0.15) is 0 Å². The van der Waals surface area contributed by atoms with Crippen molar-refractivity contribution in [2.45, 2.75) is 57.8 Å². The van der Waals surface area contributed by atoms with Crippen molar-refractivity contribution in [1.29, 1.82) is 0 Å². The van der Waals surface area contributed by atoms with Crippen molar-refractivity contribution in [2.75, 3.05) is 0 Å². The van der Waals surface area contributed by atoms with Gasteiger partial charge in [-0.15, -0.1) is 0 Å². The molecule has 0 radical (unpaired) electrons. The molecule has 0 atom stereocenters. The summed E-state index contributed by atoms with van der Waals surface area (Å²) in [7, 11) is 0. The second kappa shape index (κ2) is 13.7. The molecule has 0 N–H and O–H groups in total. The Morgan fingerprint density at radius 3 is 1.89 bits per heavy atom. The Morgan fingerprint density at radius 1 is 0.403 bits per heavy atom. The predicted molar refractivity (Wildman–Crippen MR) is 257 cm³/mol. The van der Waals surface area contributed by atoms with Crippen molar-refractivity contribution in [2.24, 2.45) is 0 Å². The summed E-state index contributed by atoms with van der Waals surface area (Å²) in [5.41, 5.74) is 17.2. The van der Waals surface area contributed by atoms with Crippen LogP contribution in [0.5, 0.6) is 0 Å². The molecule has 2 aromatic heterocycles. The third-order valence-electron chi connectivity index (χ3n) is 13.9. The van der Waals surface area contributed by atoms with Gasteiger partial charge in [-0.1, -0.05) is 155 Å². The number of hydrogen-bond donors (Lipinski definition) is 0. The van der Waals surface area contributed by atoms with E-state index in [-0.39, 0.29) is 10.8 Å². The van der Waals surface area contributed by atoms with Crippen LogP contribution < -0.4 is 0 Å². The molecular formula is C58H46N4. The molecule has 10 aromatic rings. The highest BCUT2D eigenvalue weighted by molar-refractivity contribution is 6.10. The Balaban J connectivity index is 1.03. The highest BCUT2D eigenvalue weighted by atomic mass is 15.0. The Kier molecular flexibility index (Phi) is 8.08. The lowest BCUT2D eigenvalue weighted by molar-refractivity contribution is 0.332. The molecule has 2 heterocycles. The second-order valence-corrected chi connectivity index (χ2v) is 18.7. The Bertz CT molecular complexity index is 3440. The molecule has 4 heteroatoms. The van der Waals surface area contributed by atoms with Gasteiger partial charge in [0.2, 0.25) is 0 Å². The van der Waals surface area contributed by atoms with Crippen LogP contribution >= 0.6 is 0 Å². The van der Waals surface area contributed by atoms with Crippen LogP contribution in [0.4, 0.5) is 0 Å². The van der Waals surface area contributed by atoms with Gasteiger partial charge in [-0.3, -0.25) is 0 Å².